The van der Waals surface area contributed by atoms with Crippen LogP contribution in [-0.4, -0.2) is 39.3 Å². The average Bonchev–Trinajstić information content (AvgIpc) is 2.74. The van der Waals surface area contributed by atoms with Gasteiger partial charge in [0.2, 0.25) is 10.0 Å². The predicted octanol–water partition coefficient (Wildman–Crippen LogP) is 0.761. The topological polar surface area (TPSA) is 92.7 Å². The molecule has 2 N–H and O–H groups in total. The van der Waals surface area contributed by atoms with Crippen molar-refractivity contribution in [2.75, 3.05) is 19.8 Å². The van der Waals surface area contributed by atoms with Crippen molar-refractivity contribution < 1.29 is 23.1 Å². The molecule has 6 nitrogen and oxygen atoms in total. The van der Waals surface area contributed by atoms with E-state index in [2.05, 4.69) is 4.72 Å². The zero-order chi connectivity index (χ0) is 12.9. The molecule has 0 bridgehead atoms. The fourth-order valence-electron chi connectivity index (χ4n) is 1.04. The third-order valence-corrected chi connectivity index (χ3v) is 4.83. The van der Waals surface area contributed by atoms with Gasteiger partial charge in [0, 0.05) is 13.2 Å². The van der Waals surface area contributed by atoms with Crippen LogP contribution in [0.25, 0.3) is 0 Å². The largest absolute Gasteiger partial charge is 0.477 e. The number of sulfonamides is 1. The summed E-state index contributed by atoms with van der Waals surface area (Å²) in [5.41, 5.74) is 0. The maximum absolute atomic E-state index is 11.7. The van der Waals surface area contributed by atoms with Gasteiger partial charge in [-0.3, -0.25) is 0 Å². The first-order valence-electron chi connectivity index (χ1n) is 4.88. The summed E-state index contributed by atoms with van der Waals surface area (Å²) in [6.45, 7) is 2.78. The molecule has 0 unspecified atom stereocenters. The first-order valence-corrected chi connectivity index (χ1v) is 7.18. The zero-order valence-electron chi connectivity index (χ0n) is 9.17. The Morgan fingerprint density at radius 3 is 2.76 bits per heavy atom. The van der Waals surface area contributed by atoms with Crippen LogP contribution in [0.15, 0.2) is 16.3 Å². The van der Waals surface area contributed by atoms with Crippen LogP contribution in [0.1, 0.15) is 16.6 Å². The van der Waals surface area contributed by atoms with Gasteiger partial charge >= 0.3 is 5.97 Å². The molecule has 17 heavy (non-hydrogen) atoms. The van der Waals surface area contributed by atoms with Crippen LogP contribution in [0.4, 0.5) is 0 Å². The molecule has 0 aliphatic carbocycles. The molecular formula is C9H13NO5S2. The second kappa shape index (κ2) is 6.10. The summed E-state index contributed by atoms with van der Waals surface area (Å²) in [6, 6.07) is 2.54. The predicted molar refractivity (Wildman–Crippen MR) is 63.0 cm³/mol. The van der Waals surface area contributed by atoms with Gasteiger partial charge in [0.1, 0.15) is 9.09 Å². The maximum atomic E-state index is 11.7. The van der Waals surface area contributed by atoms with Gasteiger partial charge in [-0.2, -0.15) is 0 Å². The minimum atomic E-state index is -3.63. The van der Waals surface area contributed by atoms with E-state index in [0.29, 0.717) is 6.61 Å². The van der Waals surface area contributed by atoms with Gasteiger partial charge in [0.25, 0.3) is 0 Å². The smallest absolute Gasteiger partial charge is 0.345 e. The summed E-state index contributed by atoms with van der Waals surface area (Å²) < 4.78 is 30.7. The monoisotopic (exact) mass is 279 g/mol. The molecule has 0 saturated heterocycles. The molecule has 1 heterocycles. The van der Waals surface area contributed by atoms with Crippen molar-refractivity contribution in [3.05, 3.63) is 17.0 Å². The van der Waals surface area contributed by atoms with E-state index in [0.717, 1.165) is 11.3 Å². The highest BCUT2D eigenvalue weighted by atomic mass is 32.2. The lowest BCUT2D eigenvalue weighted by atomic mass is 10.5. The Bertz CT molecular complexity index is 479. The molecular weight excluding hydrogens is 266 g/mol. The molecule has 1 aromatic rings. The van der Waals surface area contributed by atoms with Gasteiger partial charge in [-0.05, 0) is 19.1 Å². The number of nitrogens with one attached hydrogen (secondary N) is 1. The third kappa shape index (κ3) is 4.08. The third-order valence-electron chi connectivity index (χ3n) is 1.80. The molecule has 0 radical (unpaired) electrons. The van der Waals surface area contributed by atoms with Crippen molar-refractivity contribution in [3.63, 3.8) is 0 Å². The van der Waals surface area contributed by atoms with Gasteiger partial charge in [-0.1, -0.05) is 0 Å². The molecule has 8 heteroatoms. The van der Waals surface area contributed by atoms with Gasteiger partial charge < -0.3 is 9.84 Å². The number of thiophene rings is 1. The molecule has 0 aliphatic heterocycles. The molecule has 0 saturated carbocycles. The van der Waals surface area contributed by atoms with Crippen LogP contribution >= 0.6 is 11.3 Å². The average molecular weight is 279 g/mol. The van der Waals surface area contributed by atoms with E-state index in [-0.39, 0.29) is 22.2 Å². The van der Waals surface area contributed by atoms with E-state index in [1.54, 1.807) is 0 Å². The summed E-state index contributed by atoms with van der Waals surface area (Å²) in [6.07, 6.45) is 0. The van der Waals surface area contributed by atoms with Crippen LogP contribution in [0, 0.1) is 0 Å². The van der Waals surface area contributed by atoms with Crippen LogP contribution in [0.3, 0.4) is 0 Å². The number of hydrogen-bond acceptors (Lipinski definition) is 5. The first kappa shape index (κ1) is 14.1. The van der Waals surface area contributed by atoms with Gasteiger partial charge in [0.15, 0.2) is 0 Å². The van der Waals surface area contributed by atoms with Crippen LogP contribution in [0.5, 0.6) is 0 Å². The van der Waals surface area contributed by atoms with Crippen molar-refractivity contribution in [1.29, 1.82) is 0 Å². The summed E-state index contributed by atoms with van der Waals surface area (Å²) in [5, 5.41) is 8.69. The quantitative estimate of drug-likeness (QED) is 0.719. The van der Waals surface area contributed by atoms with E-state index in [4.69, 9.17) is 9.84 Å². The molecule has 0 aliphatic rings. The number of hydrogen-bond donors (Lipinski definition) is 2. The molecule has 1 aromatic heterocycles. The van der Waals surface area contributed by atoms with Crippen LogP contribution < -0.4 is 4.72 Å². The Labute approximate surface area is 103 Å². The van der Waals surface area contributed by atoms with E-state index in [1.807, 2.05) is 6.92 Å². The number of ether oxygens (including phenoxy) is 1. The zero-order valence-corrected chi connectivity index (χ0v) is 10.8. The minimum Gasteiger partial charge on any atom is -0.477 e. The van der Waals surface area contributed by atoms with Crippen molar-refractivity contribution in [2.45, 2.75) is 11.1 Å². The molecule has 0 amide bonds. The number of carbonyl (C=O) groups is 1. The molecule has 0 spiro atoms. The van der Waals surface area contributed by atoms with Crippen molar-refractivity contribution in [2.24, 2.45) is 0 Å². The standard InChI is InChI=1S/C9H13NO5S2/c1-2-15-6-5-10-17(13,14)8-4-3-7(16-8)9(11)12/h3-4,10H,2,5-6H2,1H3,(H,11,12). The second-order valence-corrected chi connectivity index (χ2v) is 6.10. The maximum Gasteiger partial charge on any atom is 0.345 e. The highest BCUT2D eigenvalue weighted by molar-refractivity contribution is 7.91. The lowest BCUT2D eigenvalue weighted by Gasteiger charge is -2.04. The van der Waals surface area contributed by atoms with E-state index in [9.17, 15) is 13.2 Å². The Hall–Kier alpha value is -0.960. The fourth-order valence-corrected chi connectivity index (χ4v) is 3.25. The highest BCUT2D eigenvalue weighted by Crippen LogP contribution is 2.21. The van der Waals surface area contributed by atoms with Crippen LogP contribution in [0.2, 0.25) is 0 Å². The van der Waals surface area contributed by atoms with Crippen molar-refractivity contribution in [1.82, 2.24) is 4.72 Å². The van der Waals surface area contributed by atoms with E-state index >= 15 is 0 Å². The molecule has 0 fully saturated rings. The molecule has 0 atom stereocenters. The number of carboxylic acids is 1. The minimum absolute atomic E-state index is 0.00446. The highest BCUT2D eigenvalue weighted by Gasteiger charge is 2.18. The van der Waals surface area contributed by atoms with Crippen molar-refractivity contribution >= 4 is 27.3 Å². The van der Waals surface area contributed by atoms with Crippen LogP contribution in [-0.2, 0) is 14.8 Å². The molecule has 0 aromatic carbocycles. The van der Waals surface area contributed by atoms with Crippen molar-refractivity contribution in [3.8, 4) is 0 Å². The summed E-state index contributed by atoms with van der Waals surface area (Å²) >= 11 is 0.721. The Kier molecular flexibility index (Phi) is 5.06. The second-order valence-electron chi connectivity index (χ2n) is 3.02. The van der Waals surface area contributed by atoms with Gasteiger partial charge in [0.05, 0.1) is 6.61 Å². The number of carboxylic acid groups (broad SMARTS) is 1. The van der Waals surface area contributed by atoms with E-state index in [1.165, 1.54) is 12.1 Å². The van der Waals surface area contributed by atoms with E-state index < -0.39 is 16.0 Å². The lowest BCUT2D eigenvalue weighted by Crippen LogP contribution is -2.26. The molecule has 1 rings (SSSR count). The number of rotatable bonds is 7. The Balaban J connectivity index is 2.66. The summed E-state index contributed by atoms with van der Waals surface area (Å²) in [4.78, 5) is 10.6. The normalized spacial score (nSPS) is 11.6. The fraction of sp³-hybridized carbons (Fsp3) is 0.444. The Morgan fingerprint density at radius 1 is 1.53 bits per heavy atom. The SMILES string of the molecule is CCOCCNS(=O)(=O)c1ccc(C(=O)O)s1. The molecule has 96 valence electrons. The number of aromatic carboxylic acids is 1. The van der Waals surface area contributed by atoms with Gasteiger partial charge in [-0.15, -0.1) is 11.3 Å². The summed E-state index contributed by atoms with van der Waals surface area (Å²) in [5.74, 6) is -1.13. The first-order chi connectivity index (χ1) is 7.97. The summed E-state index contributed by atoms with van der Waals surface area (Å²) in [7, 11) is -3.63. The lowest BCUT2D eigenvalue weighted by molar-refractivity contribution is 0.0702. The van der Waals surface area contributed by atoms with Gasteiger partial charge in [-0.25, -0.2) is 17.9 Å². The Morgan fingerprint density at radius 2 is 2.24 bits per heavy atom.